The zero-order valence-electron chi connectivity index (χ0n) is 21.9. The van der Waals surface area contributed by atoms with Crippen LogP contribution < -0.4 is 0 Å². The minimum atomic E-state index is -1.94. The third kappa shape index (κ3) is 18.4. The maximum absolute atomic E-state index is 12.1. The monoisotopic (exact) mass is 450 g/mol. The van der Waals surface area contributed by atoms with Crippen molar-refractivity contribution in [2.75, 3.05) is 0 Å². The number of hydrogen-bond acceptors (Lipinski definition) is 2. The molecule has 0 atom stereocenters. The molecule has 0 aliphatic heterocycles. The molecule has 0 rings (SSSR count). The maximum atomic E-state index is 12.1. The molecule has 0 fully saturated rings. The summed E-state index contributed by atoms with van der Waals surface area (Å²) in [5.41, 5.74) is 0. The molecule has 31 heavy (non-hydrogen) atoms. The van der Waals surface area contributed by atoms with Gasteiger partial charge in [0.15, 0.2) is 0 Å². The van der Waals surface area contributed by atoms with E-state index in [0.29, 0.717) is 6.42 Å². The van der Waals surface area contributed by atoms with E-state index in [2.05, 4.69) is 65.1 Å². The number of carbonyl (C=O) groups is 1. The number of carbonyl (C=O) groups excluding carboxylic acids is 1. The lowest BCUT2D eigenvalue weighted by atomic mass is 10.1. The van der Waals surface area contributed by atoms with E-state index in [9.17, 15) is 4.79 Å². The summed E-state index contributed by atoms with van der Waals surface area (Å²) in [7, 11) is -1.94. The normalized spacial score (nSPS) is 12.8. The van der Waals surface area contributed by atoms with Gasteiger partial charge in [0.2, 0.25) is 0 Å². The molecule has 0 aliphatic rings. The summed E-state index contributed by atoms with van der Waals surface area (Å²) in [6, 6.07) is 0. The molecule has 0 unspecified atom stereocenters. The summed E-state index contributed by atoms with van der Waals surface area (Å²) in [5.74, 6) is 0.0173. The van der Waals surface area contributed by atoms with E-state index in [0.717, 1.165) is 19.3 Å². The topological polar surface area (TPSA) is 26.3 Å². The van der Waals surface area contributed by atoms with E-state index in [-0.39, 0.29) is 11.0 Å². The molecule has 0 heterocycles. The van der Waals surface area contributed by atoms with E-state index in [1.165, 1.54) is 77.0 Å². The molecule has 0 saturated carbocycles. The molecular formula is C28H54O2Si. The highest BCUT2D eigenvalue weighted by Crippen LogP contribution is 2.36. The van der Waals surface area contributed by atoms with E-state index in [1.807, 2.05) is 0 Å². The Bertz CT molecular complexity index is 486. The molecule has 0 N–H and O–H groups in total. The van der Waals surface area contributed by atoms with Crippen molar-refractivity contribution in [3.63, 3.8) is 0 Å². The molecule has 0 aromatic rings. The third-order valence-electron chi connectivity index (χ3n) is 6.51. The largest absolute Gasteiger partial charge is 0.519 e. The van der Waals surface area contributed by atoms with Crippen molar-refractivity contribution < 1.29 is 9.22 Å². The van der Waals surface area contributed by atoms with Crippen LogP contribution in [0.1, 0.15) is 130 Å². The lowest BCUT2D eigenvalue weighted by Gasteiger charge is -2.35. The molecule has 2 nitrogen and oxygen atoms in total. The van der Waals surface area contributed by atoms with Crippen molar-refractivity contribution in [1.29, 1.82) is 0 Å². The first-order chi connectivity index (χ1) is 14.7. The van der Waals surface area contributed by atoms with Gasteiger partial charge in [-0.05, 0) is 56.7 Å². The van der Waals surface area contributed by atoms with E-state index in [1.54, 1.807) is 0 Å². The van der Waals surface area contributed by atoms with Crippen molar-refractivity contribution in [2.24, 2.45) is 0 Å². The van der Waals surface area contributed by atoms with Crippen molar-refractivity contribution in [1.82, 2.24) is 0 Å². The van der Waals surface area contributed by atoms with Crippen LogP contribution in [0.25, 0.3) is 0 Å². The van der Waals surface area contributed by atoms with Crippen LogP contribution in [0.15, 0.2) is 24.3 Å². The van der Waals surface area contributed by atoms with Crippen LogP contribution in [0, 0.1) is 0 Å². The first-order valence-corrected chi connectivity index (χ1v) is 16.1. The van der Waals surface area contributed by atoms with Crippen LogP contribution in [-0.4, -0.2) is 14.3 Å². The van der Waals surface area contributed by atoms with Gasteiger partial charge in [0, 0.05) is 6.42 Å². The second-order valence-electron chi connectivity index (χ2n) is 10.6. The first kappa shape index (κ1) is 30.2. The van der Waals surface area contributed by atoms with Gasteiger partial charge >= 0.3 is 0 Å². The lowest BCUT2D eigenvalue weighted by Crippen LogP contribution is -2.42. The van der Waals surface area contributed by atoms with Gasteiger partial charge in [0.1, 0.15) is 0 Å². The van der Waals surface area contributed by atoms with Crippen LogP contribution in [0.2, 0.25) is 18.1 Å². The van der Waals surface area contributed by atoms with E-state index in [4.69, 9.17) is 4.43 Å². The predicted octanol–water partition coefficient (Wildman–Crippen LogP) is 9.91. The zero-order chi connectivity index (χ0) is 23.4. The molecule has 0 spiro atoms. The van der Waals surface area contributed by atoms with Crippen molar-refractivity contribution in [3.8, 4) is 0 Å². The first-order valence-electron chi connectivity index (χ1n) is 13.2. The quantitative estimate of drug-likeness (QED) is 0.111. The Morgan fingerprint density at radius 3 is 1.65 bits per heavy atom. The Kier molecular flexibility index (Phi) is 18.2. The van der Waals surface area contributed by atoms with Gasteiger partial charge < -0.3 is 4.43 Å². The highest BCUT2D eigenvalue weighted by molar-refractivity contribution is 6.75. The molecule has 182 valence electrons. The van der Waals surface area contributed by atoms with Crippen molar-refractivity contribution >= 4 is 14.3 Å². The molecule has 0 aliphatic carbocycles. The smallest absolute Gasteiger partial charge is 0.292 e. The second kappa shape index (κ2) is 18.7. The van der Waals surface area contributed by atoms with Gasteiger partial charge in [-0.15, -0.1) is 0 Å². The summed E-state index contributed by atoms with van der Waals surface area (Å²) < 4.78 is 5.83. The van der Waals surface area contributed by atoms with Gasteiger partial charge in [-0.2, -0.15) is 0 Å². The van der Waals surface area contributed by atoms with Gasteiger partial charge in [-0.3, -0.25) is 4.79 Å². The fourth-order valence-electron chi connectivity index (χ4n) is 3.28. The van der Waals surface area contributed by atoms with E-state index < -0.39 is 8.32 Å². The summed E-state index contributed by atoms with van der Waals surface area (Å²) in [4.78, 5) is 12.1. The molecule has 0 radical (unpaired) electrons. The molecular weight excluding hydrogens is 396 g/mol. The second-order valence-corrected chi connectivity index (χ2v) is 15.4. The fraction of sp³-hybridized carbons (Fsp3) is 0.821. The fourth-order valence-corrected chi connectivity index (χ4v) is 4.25. The number of rotatable bonds is 19. The van der Waals surface area contributed by atoms with Gasteiger partial charge in [0.25, 0.3) is 14.3 Å². The van der Waals surface area contributed by atoms with E-state index >= 15 is 0 Å². The van der Waals surface area contributed by atoms with Crippen molar-refractivity contribution in [2.45, 2.75) is 149 Å². The molecule has 0 amide bonds. The third-order valence-corrected chi connectivity index (χ3v) is 10.9. The Labute approximate surface area is 196 Å². The lowest BCUT2D eigenvalue weighted by molar-refractivity contribution is -0.135. The Hall–Kier alpha value is -0.833. The van der Waals surface area contributed by atoms with Crippen LogP contribution in [0.5, 0.6) is 0 Å². The summed E-state index contributed by atoms with van der Waals surface area (Å²) in [6.07, 6.45) is 28.9. The minimum Gasteiger partial charge on any atom is -0.519 e. The van der Waals surface area contributed by atoms with Crippen LogP contribution in [0.3, 0.4) is 0 Å². The van der Waals surface area contributed by atoms with Crippen LogP contribution in [-0.2, 0) is 9.22 Å². The molecule has 0 bridgehead atoms. The SMILES string of the molecule is CCCCC/C=C\C/C=C\CCCCCCCCCCCC(=O)O[Si](C)(C)C(C)(C)C. The van der Waals surface area contributed by atoms with Gasteiger partial charge in [0.05, 0.1) is 0 Å². The standard InChI is InChI=1S/C28H54O2Si/c1-7-8-9-10-11-12-13-14-15-16-17-18-19-20-21-22-23-24-25-26-27(29)30-31(5,6)28(2,3)4/h11-12,14-15H,7-10,13,16-26H2,1-6H3/b12-11-,15-14-. The van der Waals surface area contributed by atoms with Crippen LogP contribution >= 0.6 is 0 Å². The average Bonchev–Trinajstić information content (AvgIpc) is 2.68. The van der Waals surface area contributed by atoms with Gasteiger partial charge in [-0.1, -0.05) is 110 Å². The molecule has 0 saturated heterocycles. The molecule has 3 heteroatoms. The number of hydrogen-bond donors (Lipinski definition) is 0. The summed E-state index contributed by atoms with van der Waals surface area (Å²) in [6.45, 7) is 13.1. The number of unbranched alkanes of at least 4 members (excludes halogenated alkanes) is 12. The Morgan fingerprint density at radius 2 is 1.16 bits per heavy atom. The minimum absolute atomic E-state index is 0.0173. The zero-order valence-corrected chi connectivity index (χ0v) is 22.9. The van der Waals surface area contributed by atoms with Crippen LogP contribution in [0.4, 0.5) is 0 Å². The maximum Gasteiger partial charge on any atom is 0.292 e. The van der Waals surface area contributed by atoms with Crippen molar-refractivity contribution in [3.05, 3.63) is 24.3 Å². The molecule has 0 aromatic heterocycles. The Morgan fingerprint density at radius 1 is 0.710 bits per heavy atom. The molecule has 0 aromatic carbocycles. The average molecular weight is 451 g/mol. The number of allylic oxidation sites excluding steroid dienone is 4. The summed E-state index contributed by atoms with van der Waals surface area (Å²) >= 11 is 0. The Balaban J connectivity index is 3.42. The highest BCUT2D eigenvalue weighted by Gasteiger charge is 2.40. The highest BCUT2D eigenvalue weighted by atomic mass is 28.4. The summed E-state index contributed by atoms with van der Waals surface area (Å²) in [5, 5.41) is 0.101. The predicted molar refractivity (Wildman–Crippen MR) is 141 cm³/mol. The van der Waals surface area contributed by atoms with Gasteiger partial charge in [-0.25, -0.2) is 0 Å².